The van der Waals surface area contributed by atoms with E-state index in [0.717, 1.165) is 17.2 Å². The maximum atomic E-state index is 13.4. The van der Waals surface area contributed by atoms with Crippen LogP contribution in [0.3, 0.4) is 0 Å². The van der Waals surface area contributed by atoms with Gasteiger partial charge in [-0.05, 0) is 12.5 Å². The number of carboxylic acid groups (broad SMARTS) is 1. The molecule has 130 valence electrons. The van der Waals surface area contributed by atoms with Crippen LogP contribution >= 0.6 is 0 Å². The molecular formula is C15H12F3N5O2. The molecule has 1 N–H and O–H groups in total. The molecule has 0 saturated carbocycles. The van der Waals surface area contributed by atoms with E-state index in [1.54, 1.807) is 11.0 Å². The highest BCUT2D eigenvalue weighted by Gasteiger charge is 2.37. The van der Waals surface area contributed by atoms with E-state index >= 15 is 0 Å². The molecular weight excluding hydrogens is 339 g/mol. The van der Waals surface area contributed by atoms with Crippen LogP contribution in [-0.2, 0) is 17.5 Å². The maximum Gasteiger partial charge on any atom is 0.417 e. The van der Waals surface area contributed by atoms with Crippen molar-refractivity contribution in [1.82, 2.24) is 14.8 Å². The molecule has 10 heteroatoms. The third-order valence-electron chi connectivity index (χ3n) is 3.80. The van der Waals surface area contributed by atoms with Crippen molar-refractivity contribution in [3.63, 3.8) is 0 Å². The van der Waals surface area contributed by atoms with Crippen molar-refractivity contribution in [3.8, 4) is 17.3 Å². The Morgan fingerprint density at radius 1 is 1.40 bits per heavy atom. The van der Waals surface area contributed by atoms with Gasteiger partial charge in [-0.2, -0.15) is 23.5 Å². The van der Waals surface area contributed by atoms with Crippen LogP contribution in [0, 0.1) is 11.3 Å². The Kier molecular flexibility index (Phi) is 4.08. The third kappa shape index (κ3) is 3.26. The summed E-state index contributed by atoms with van der Waals surface area (Å²) in [4.78, 5) is 16.5. The Balaban J connectivity index is 2.12. The second kappa shape index (κ2) is 6.08. The number of hydrogen-bond acceptors (Lipinski definition) is 5. The fourth-order valence-corrected chi connectivity index (χ4v) is 2.49. The molecule has 0 radical (unpaired) electrons. The van der Waals surface area contributed by atoms with Gasteiger partial charge in [0.05, 0.1) is 17.5 Å². The number of carboxylic acids is 1. The number of carbonyl (C=O) groups is 1. The van der Waals surface area contributed by atoms with Gasteiger partial charge in [0.15, 0.2) is 0 Å². The number of nitrogens with zero attached hydrogens (tertiary/aromatic N) is 5. The number of alkyl halides is 3. The van der Waals surface area contributed by atoms with Crippen LogP contribution in [0.15, 0.2) is 18.5 Å². The zero-order chi connectivity index (χ0) is 18.2. The van der Waals surface area contributed by atoms with Gasteiger partial charge in [0.1, 0.15) is 24.0 Å². The first-order valence-corrected chi connectivity index (χ1v) is 7.31. The summed E-state index contributed by atoms with van der Waals surface area (Å²) in [6, 6.07) is 2.40. The zero-order valence-electron chi connectivity index (χ0n) is 12.8. The summed E-state index contributed by atoms with van der Waals surface area (Å²) in [6.45, 7) is 0.642. The molecule has 2 aromatic rings. The molecule has 2 aromatic heterocycles. The van der Waals surface area contributed by atoms with Gasteiger partial charge in [-0.15, -0.1) is 0 Å². The second-order valence-electron chi connectivity index (χ2n) is 5.52. The number of nitriles is 1. The number of pyridine rings is 1. The molecule has 0 unspecified atom stereocenters. The largest absolute Gasteiger partial charge is 0.480 e. The van der Waals surface area contributed by atoms with Crippen LogP contribution in [0.1, 0.15) is 17.5 Å². The Morgan fingerprint density at radius 2 is 2.12 bits per heavy atom. The minimum Gasteiger partial charge on any atom is -0.480 e. The average Bonchev–Trinajstić information content (AvgIpc) is 2.91. The summed E-state index contributed by atoms with van der Waals surface area (Å²) in [5.74, 6) is -1.13. The van der Waals surface area contributed by atoms with Crippen LogP contribution in [0.5, 0.6) is 0 Å². The van der Waals surface area contributed by atoms with Crippen LogP contribution in [0.4, 0.5) is 19.0 Å². The van der Waals surface area contributed by atoms with E-state index in [9.17, 15) is 23.2 Å². The van der Waals surface area contributed by atoms with Crippen LogP contribution in [0.2, 0.25) is 0 Å². The second-order valence-corrected chi connectivity index (χ2v) is 5.52. The molecule has 0 bridgehead atoms. The molecule has 0 spiro atoms. The maximum absolute atomic E-state index is 13.4. The molecule has 1 fully saturated rings. The van der Waals surface area contributed by atoms with E-state index in [1.807, 2.05) is 0 Å². The van der Waals surface area contributed by atoms with E-state index in [-0.39, 0.29) is 17.1 Å². The van der Waals surface area contributed by atoms with Crippen LogP contribution in [0.25, 0.3) is 11.3 Å². The van der Waals surface area contributed by atoms with Crippen LogP contribution < -0.4 is 4.90 Å². The van der Waals surface area contributed by atoms with Crippen LogP contribution in [-0.4, -0.2) is 38.9 Å². The molecule has 0 aliphatic carbocycles. The van der Waals surface area contributed by atoms with Crippen molar-refractivity contribution in [2.75, 3.05) is 18.0 Å². The van der Waals surface area contributed by atoms with E-state index < -0.39 is 29.8 Å². The molecule has 3 heterocycles. The Bertz CT molecular complexity index is 865. The number of rotatable bonds is 4. The summed E-state index contributed by atoms with van der Waals surface area (Å²) in [6.07, 6.45) is -1.34. The number of aromatic nitrogens is 3. The summed E-state index contributed by atoms with van der Waals surface area (Å²) in [7, 11) is 0. The number of hydrogen-bond donors (Lipinski definition) is 1. The number of halogens is 3. The fraction of sp³-hybridized carbons (Fsp3) is 0.333. The first-order chi connectivity index (χ1) is 11.8. The van der Waals surface area contributed by atoms with Gasteiger partial charge in [-0.1, -0.05) is 0 Å². The van der Waals surface area contributed by atoms with E-state index in [4.69, 9.17) is 5.11 Å². The normalized spacial score (nSPS) is 14.1. The van der Waals surface area contributed by atoms with E-state index in [0.29, 0.717) is 13.1 Å². The number of anilines is 1. The monoisotopic (exact) mass is 351 g/mol. The molecule has 1 aliphatic heterocycles. The van der Waals surface area contributed by atoms with Crippen molar-refractivity contribution in [3.05, 3.63) is 29.6 Å². The standard InChI is InChI=1S/C15H12F3N5O2/c16-15(17,18)11-4-12(9-6-20-23(7-9)8-13(24)25)21-14(10(11)5-19)22-2-1-3-22/h4,6-7H,1-3,8H2,(H,24,25). The van der Waals surface area contributed by atoms with Gasteiger partial charge in [0.25, 0.3) is 0 Å². The summed E-state index contributed by atoms with van der Waals surface area (Å²) in [5, 5.41) is 21.8. The molecule has 3 rings (SSSR count). The molecule has 25 heavy (non-hydrogen) atoms. The number of aliphatic carboxylic acids is 1. The minimum absolute atomic E-state index is 0.00939. The highest BCUT2D eigenvalue weighted by Crippen LogP contribution is 2.38. The van der Waals surface area contributed by atoms with Crippen molar-refractivity contribution in [2.45, 2.75) is 19.1 Å². The topological polar surface area (TPSA) is 95.0 Å². The predicted molar refractivity (Wildman–Crippen MR) is 79.6 cm³/mol. The first kappa shape index (κ1) is 16.8. The smallest absolute Gasteiger partial charge is 0.417 e. The van der Waals surface area contributed by atoms with Gasteiger partial charge >= 0.3 is 12.1 Å². The lowest BCUT2D eigenvalue weighted by Crippen LogP contribution is -2.38. The Labute approximate surface area is 139 Å². The lowest BCUT2D eigenvalue weighted by molar-refractivity contribution is -0.138. The lowest BCUT2D eigenvalue weighted by Gasteiger charge is -2.33. The summed E-state index contributed by atoms with van der Waals surface area (Å²) in [5.41, 5.74) is -1.33. The third-order valence-corrected chi connectivity index (χ3v) is 3.80. The van der Waals surface area contributed by atoms with E-state index in [2.05, 4.69) is 10.1 Å². The van der Waals surface area contributed by atoms with Crippen molar-refractivity contribution in [1.29, 1.82) is 5.26 Å². The van der Waals surface area contributed by atoms with Gasteiger partial charge in [-0.25, -0.2) is 4.98 Å². The summed E-state index contributed by atoms with van der Waals surface area (Å²) >= 11 is 0. The highest BCUT2D eigenvalue weighted by atomic mass is 19.4. The van der Waals surface area contributed by atoms with Gasteiger partial charge < -0.3 is 10.0 Å². The van der Waals surface area contributed by atoms with Crippen molar-refractivity contribution >= 4 is 11.8 Å². The molecule has 0 aromatic carbocycles. The predicted octanol–water partition coefficient (Wildman–Crippen LogP) is 2.13. The molecule has 1 aliphatic rings. The quantitative estimate of drug-likeness (QED) is 0.907. The Hall–Kier alpha value is -3.09. The average molecular weight is 351 g/mol. The lowest BCUT2D eigenvalue weighted by atomic mass is 10.0. The van der Waals surface area contributed by atoms with Gasteiger partial charge in [0, 0.05) is 24.8 Å². The highest BCUT2D eigenvalue weighted by molar-refractivity contribution is 5.69. The minimum atomic E-state index is -4.71. The summed E-state index contributed by atoms with van der Waals surface area (Å²) < 4.78 is 41.2. The molecule has 7 nitrogen and oxygen atoms in total. The first-order valence-electron chi connectivity index (χ1n) is 7.31. The SMILES string of the molecule is N#Cc1c(C(F)(F)F)cc(-c2cnn(CC(=O)O)c2)nc1N1CCC1. The molecule has 0 amide bonds. The van der Waals surface area contributed by atoms with Crippen molar-refractivity contribution < 1.29 is 23.1 Å². The van der Waals surface area contributed by atoms with E-state index in [1.165, 1.54) is 12.4 Å². The van der Waals surface area contributed by atoms with Gasteiger partial charge in [-0.3, -0.25) is 9.48 Å². The zero-order valence-corrected chi connectivity index (χ0v) is 12.8. The molecule has 0 atom stereocenters. The Morgan fingerprint density at radius 3 is 2.64 bits per heavy atom. The fourth-order valence-electron chi connectivity index (χ4n) is 2.49. The van der Waals surface area contributed by atoms with Crippen molar-refractivity contribution in [2.24, 2.45) is 0 Å². The molecule has 1 saturated heterocycles. The van der Waals surface area contributed by atoms with Gasteiger partial charge in [0.2, 0.25) is 0 Å².